The van der Waals surface area contributed by atoms with Gasteiger partial charge in [-0.3, -0.25) is 0 Å². The number of aryl methyl sites for hydroxylation is 2. The van der Waals surface area contributed by atoms with Crippen molar-refractivity contribution in [2.24, 2.45) is 0 Å². The summed E-state index contributed by atoms with van der Waals surface area (Å²) in [6.07, 6.45) is 0. The van der Waals surface area contributed by atoms with Crippen LogP contribution in [-0.2, 0) is 22.3 Å². The van der Waals surface area contributed by atoms with Gasteiger partial charge in [0.15, 0.2) is 0 Å². The first-order chi connectivity index (χ1) is 10.4. The van der Waals surface area contributed by atoms with Crippen LogP contribution in [0.3, 0.4) is 0 Å². The molecular formula is C17H21NO3S. The topological polar surface area (TPSA) is 55.4 Å². The van der Waals surface area contributed by atoms with Gasteiger partial charge in [0, 0.05) is 6.54 Å². The highest BCUT2D eigenvalue weighted by molar-refractivity contribution is 7.88. The van der Waals surface area contributed by atoms with Crippen molar-refractivity contribution in [3.05, 3.63) is 64.7 Å². The summed E-state index contributed by atoms with van der Waals surface area (Å²) < 4.78 is 32.0. The Morgan fingerprint density at radius 1 is 0.955 bits per heavy atom. The highest BCUT2D eigenvalue weighted by Crippen LogP contribution is 2.14. The first kappa shape index (κ1) is 16.5. The molecule has 0 fully saturated rings. The molecule has 22 heavy (non-hydrogen) atoms. The van der Waals surface area contributed by atoms with Crippen LogP contribution in [0.25, 0.3) is 0 Å². The summed E-state index contributed by atoms with van der Waals surface area (Å²) in [4.78, 5) is 0. The molecule has 0 amide bonds. The third kappa shape index (κ3) is 4.86. The van der Waals surface area contributed by atoms with Gasteiger partial charge in [-0.2, -0.15) is 0 Å². The van der Waals surface area contributed by atoms with Crippen molar-refractivity contribution in [1.29, 1.82) is 0 Å². The first-order valence-electron chi connectivity index (χ1n) is 7.05. The summed E-state index contributed by atoms with van der Waals surface area (Å²) in [6.45, 7) is 4.31. The van der Waals surface area contributed by atoms with Crippen LogP contribution in [0.15, 0.2) is 42.5 Å². The summed E-state index contributed by atoms with van der Waals surface area (Å²) >= 11 is 0. The Balaban J connectivity index is 2.01. The zero-order valence-corrected chi connectivity index (χ0v) is 13.9. The van der Waals surface area contributed by atoms with Gasteiger partial charge in [0.05, 0.1) is 12.9 Å². The molecule has 0 heterocycles. The van der Waals surface area contributed by atoms with Gasteiger partial charge in [0.1, 0.15) is 5.75 Å². The molecule has 0 aliphatic heterocycles. The fourth-order valence-electron chi connectivity index (χ4n) is 2.36. The summed E-state index contributed by atoms with van der Waals surface area (Å²) in [5, 5.41) is 0. The summed E-state index contributed by atoms with van der Waals surface area (Å²) in [5.74, 6) is 0.672. The minimum atomic E-state index is -3.37. The van der Waals surface area contributed by atoms with Gasteiger partial charge in [-0.1, -0.05) is 41.5 Å². The largest absolute Gasteiger partial charge is 0.497 e. The second-order valence-corrected chi connectivity index (χ2v) is 7.23. The van der Waals surface area contributed by atoms with Crippen molar-refractivity contribution in [2.75, 3.05) is 7.11 Å². The van der Waals surface area contributed by atoms with Crippen molar-refractivity contribution in [3.63, 3.8) is 0 Å². The van der Waals surface area contributed by atoms with Gasteiger partial charge in [0.2, 0.25) is 10.0 Å². The standard InChI is InChI=1S/C17H21NO3S/c1-13-8-14(2)10-16(9-13)11-18-22(19,20)12-15-4-6-17(21-3)7-5-15/h4-10,18H,11-12H2,1-3H3. The maximum Gasteiger partial charge on any atom is 0.216 e. The molecule has 2 aromatic carbocycles. The van der Waals surface area contributed by atoms with Crippen LogP contribution in [0.1, 0.15) is 22.3 Å². The second kappa shape index (κ2) is 6.94. The van der Waals surface area contributed by atoms with E-state index >= 15 is 0 Å². The summed E-state index contributed by atoms with van der Waals surface area (Å²) in [6, 6.07) is 13.1. The number of methoxy groups -OCH3 is 1. The minimum absolute atomic E-state index is 0.0399. The van der Waals surface area contributed by atoms with E-state index in [-0.39, 0.29) is 5.75 Å². The van der Waals surface area contributed by atoms with E-state index in [4.69, 9.17) is 4.74 Å². The Morgan fingerprint density at radius 2 is 1.55 bits per heavy atom. The smallest absolute Gasteiger partial charge is 0.216 e. The zero-order chi connectivity index (χ0) is 16.2. The predicted octanol–water partition coefficient (Wildman–Crippen LogP) is 2.93. The molecule has 2 rings (SSSR count). The number of nitrogens with one attached hydrogen (secondary N) is 1. The Morgan fingerprint density at radius 3 is 2.09 bits per heavy atom. The van der Waals surface area contributed by atoms with Crippen molar-refractivity contribution < 1.29 is 13.2 Å². The molecule has 0 aliphatic carbocycles. The van der Waals surface area contributed by atoms with Crippen molar-refractivity contribution >= 4 is 10.0 Å². The Kier molecular flexibility index (Phi) is 5.21. The lowest BCUT2D eigenvalue weighted by atomic mass is 10.1. The molecule has 4 nitrogen and oxygen atoms in total. The maximum atomic E-state index is 12.2. The van der Waals surface area contributed by atoms with Gasteiger partial charge in [0.25, 0.3) is 0 Å². The molecule has 0 saturated heterocycles. The monoisotopic (exact) mass is 319 g/mol. The third-order valence-electron chi connectivity index (χ3n) is 3.29. The molecule has 0 spiro atoms. The van der Waals surface area contributed by atoms with Gasteiger partial charge in [-0.05, 0) is 37.1 Å². The molecule has 2 aromatic rings. The van der Waals surface area contributed by atoms with Crippen LogP contribution in [-0.4, -0.2) is 15.5 Å². The lowest BCUT2D eigenvalue weighted by Crippen LogP contribution is -2.24. The van der Waals surface area contributed by atoms with E-state index < -0.39 is 10.0 Å². The van der Waals surface area contributed by atoms with Crippen LogP contribution in [0, 0.1) is 13.8 Å². The Bertz CT molecular complexity index is 717. The highest BCUT2D eigenvalue weighted by Gasteiger charge is 2.11. The molecule has 0 radical (unpaired) electrons. The fraction of sp³-hybridized carbons (Fsp3) is 0.294. The average molecular weight is 319 g/mol. The number of sulfonamides is 1. The van der Waals surface area contributed by atoms with Gasteiger partial charge < -0.3 is 4.74 Å². The molecule has 118 valence electrons. The Labute approximate surface area is 132 Å². The number of benzene rings is 2. The van der Waals surface area contributed by atoms with Crippen molar-refractivity contribution in [2.45, 2.75) is 26.1 Å². The fourth-order valence-corrected chi connectivity index (χ4v) is 3.48. The Hall–Kier alpha value is -1.85. The van der Waals surface area contributed by atoms with Crippen molar-refractivity contribution in [3.8, 4) is 5.75 Å². The zero-order valence-electron chi connectivity index (χ0n) is 13.1. The lowest BCUT2D eigenvalue weighted by Gasteiger charge is -2.09. The van der Waals surface area contributed by atoms with Gasteiger partial charge in [-0.15, -0.1) is 0 Å². The van der Waals surface area contributed by atoms with Gasteiger partial charge >= 0.3 is 0 Å². The summed E-state index contributed by atoms with van der Waals surface area (Å²) in [5.41, 5.74) is 3.96. The van der Waals surface area contributed by atoms with E-state index in [0.29, 0.717) is 12.3 Å². The second-order valence-electron chi connectivity index (χ2n) is 5.42. The highest BCUT2D eigenvalue weighted by atomic mass is 32.2. The molecule has 0 bridgehead atoms. The molecule has 5 heteroatoms. The van der Waals surface area contributed by atoms with Crippen molar-refractivity contribution in [1.82, 2.24) is 4.72 Å². The average Bonchev–Trinajstić information content (AvgIpc) is 2.45. The van der Waals surface area contributed by atoms with Crippen LogP contribution in [0.2, 0.25) is 0 Å². The molecule has 0 aliphatic rings. The SMILES string of the molecule is COc1ccc(CS(=O)(=O)NCc2cc(C)cc(C)c2)cc1. The molecular weight excluding hydrogens is 298 g/mol. The lowest BCUT2D eigenvalue weighted by molar-refractivity contribution is 0.414. The normalized spacial score (nSPS) is 11.4. The third-order valence-corrected chi connectivity index (χ3v) is 4.59. The van der Waals surface area contributed by atoms with E-state index in [1.165, 1.54) is 0 Å². The number of rotatable bonds is 6. The molecule has 0 saturated carbocycles. The first-order valence-corrected chi connectivity index (χ1v) is 8.70. The van der Waals surface area contributed by atoms with Crippen LogP contribution in [0.4, 0.5) is 0 Å². The maximum absolute atomic E-state index is 12.2. The number of hydrogen-bond acceptors (Lipinski definition) is 3. The van der Waals surface area contributed by atoms with Gasteiger partial charge in [-0.25, -0.2) is 13.1 Å². The van der Waals surface area contributed by atoms with E-state index in [1.54, 1.807) is 31.4 Å². The molecule has 0 atom stereocenters. The van der Waals surface area contributed by atoms with E-state index in [9.17, 15) is 8.42 Å². The van der Waals surface area contributed by atoms with Crippen LogP contribution < -0.4 is 9.46 Å². The van der Waals surface area contributed by atoms with Crippen LogP contribution in [0.5, 0.6) is 5.75 Å². The molecule has 0 unspecified atom stereocenters. The minimum Gasteiger partial charge on any atom is -0.497 e. The quantitative estimate of drug-likeness (QED) is 0.890. The summed E-state index contributed by atoms with van der Waals surface area (Å²) in [7, 11) is -1.79. The van der Waals surface area contributed by atoms with E-state index in [0.717, 1.165) is 22.3 Å². The predicted molar refractivity (Wildman–Crippen MR) is 88.4 cm³/mol. The molecule has 1 N–H and O–H groups in total. The number of ether oxygens (including phenoxy) is 1. The van der Waals surface area contributed by atoms with Crippen LogP contribution >= 0.6 is 0 Å². The molecule has 0 aromatic heterocycles. The number of hydrogen-bond donors (Lipinski definition) is 1. The van der Waals surface area contributed by atoms with E-state index in [2.05, 4.69) is 10.8 Å². The van der Waals surface area contributed by atoms with E-state index in [1.807, 2.05) is 26.0 Å².